The summed E-state index contributed by atoms with van der Waals surface area (Å²) in [6.07, 6.45) is 4.68. The molecule has 0 spiro atoms. The van der Waals surface area contributed by atoms with E-state index in [2.05, 4.69) is 28.8 Å². The fourth-order valence-electron chi connectivity index (χ4n) is 3.38. The highest BCUT2D eigenvalue weighted by Crippen LogP contribution is 2.24. The lowest BCUT2D eigenvalue weighted by Crippen LogP contribution is -2.32. The average Bonchev–Trinajstić information content (AvgIpc) is 3.27. The summed E-state index contributed by atoms with van der Waals surface area (Å²) >= 11 is 1.33. The van der Waals surface area contributed by atoms with E-state index in [0.29, 0.717) is 4.88 Å². The minimum absolute atomic E-state index is 0.0186. The van der Waals surface area contributed by atoms with Crippen LogP contribution >= 0.6 is 11.3 Å². The summed E-state index contributed by atoms with van der Waals surface area (Å²) in [5, 5.41) is 7.33. The van der Waals surface area contributed by atoms with Crippen molar-refractivity contribution in [1.29, 1.82) is 0 Å². The molecule has 154 valence electrons. The molecule has 1 unspecified atom stereocenters. The first-order valence-electron chi connectivity index (χ1n) is 9.91. The second kappa shape index (κ2) is 10.2. The first-order chi connectivity index (χ1) is 14.0. The van der Waals surface area contributed by atoms with Gasteiger partial charge in [0.25, 0.3) is 11.8 Å². The summed E-state index contributed by atoms with van der Waals surface area (Å²) in [5.74, 6) is -1.08. The Kier molecular flexibility index (Phi) is 7.41. The van der Waals surface area contributed by atoms with Crippen molar-refractivity contribution >= 4 is 29.1 Å². The Balaban J connectivity index is 1.36. The number of aryl methyl sites for hydroxylation is 2. The molecule has 2 aromatic rings. The van der Waals surface area contributed by atoms with E-state index in [4.69, 9.17) is 4.74 Å². The molecule has 1 aliphatic rings. The van der Waals surface area contributed by atoms with E-state index in [0.717, 1.165) is 18.4 Å². The number of thiophene rings is 1. The molecule has 1 heterocycles. The van der Waals surface area contributed by atoms with Crippen molar-refractivity contribution in [1.82, 2.24) is 10.6 Å². The summed E-state index contributed by atoms with van der Waals surface area (Å²) in [6.45, 7) is 1.76. The fourth-order valence-corrected chi connectivity index (χ4v) is 4.02. The smallest absolute Gasteiger partial charge is 0.308 e. The normalized spacial score (nSPS) is 13.8. The van der Waals surface area contributed by atoms with Crippen molar-refractivity contribution in [2.75, 3.05) is 13.2 Å². The molecule has 0 fully saturated rings. The van der Waals surface area contributed by atoms with Gasteiger partial charge in [0.1, 0.15) is 0 Å². The van der Waals surface area contributed by atoms with Gasteiger partial charge >= 0.3 is 5.97 Å². The van der Waals surface area contributed by atoms with Crippen LogP contribution in [-0.2, 0) is 27.2 Å². The number of rotatable bonds is 8. The molecule has 29 heavy (non-hydrogen) atoms. The molecule has 0 aliphatic heterocycles. The van der Waals surface area contributed by atoms with E-state index in [1.165, 1.54) is 35.3 Å². The molecular formula is C22H26N2O4S. The molecule has 6 nitrogen and oxygen atoms in total. The van der Waals surface area contributed by atoms with Crippen molar-refractivity contribution in [3.8, 4) is 0 Å². The molecule has 1 atom stereocenters. The van der Waals surface area contributed by atoms with E-state index in [-0.39, 0.29) is 37.4 Å². The van der Waals surface area contributed by atoms with E-state index < -0.39 is 5.97 Å². The minimum atomic E-state index is -0.520. The van der Waals surface area contributed by atoms with Gasteiger partial charge in [-0.3, -0.25) is 14.4 Å². The Morgan fingerprint density at radius 1 is 1.14 bits per heavy atom. The second-order valence-electron chi connectivity index (χ2n) is 7.17. The number of benzene rings is 1. The third-order valence-electron chi connectivity index (χ3n) is 4.97. The van der Waals surface area contributed by atoms with Gasteiger partial charge in [0.2, 0.25) is 0 Å². The predicted octanol–water partition coefficient (Wildman–Crippen LogP) is 3.17. The third kappa shape index (κ3) is 6.15. The van der Waals surface area contributed by atoms with Crippen LogP contribution in [0.4, 0.5) is 0 Å². The van der Waals surface area contributed by atoms with Gasteiger partial charge in [-0.1, -0.05) is 24.3 Å². The van der Waals surface area contributed by atoms with Crippen LogP contribution in [0.15, 0.2) is 35.7 Å². The highest BCUT2D eigenvalue weighted by molar-refractivity contribution is 7.12. The average molecular weight is 415 g/mol. The zero-order chi connectivity index (χ0) is 20.6. The Morgan fingerprint density at radius 3 is 2.69 bits per heavy atom. The van der Waals surface area contributed by atoms with Crippen LogP contribution in [0.2, 0.25) is 0 Å². The quantitative estimate of drug-likeness (QED) is 0.650. The van der Waals surface area contributed by atoms with E-state index >= 15 is 0 Å². The molecule has 1 aliphatic carbocycles. The van der Waals surface area contributed by atoms with Crippen LogP contribution in [0.1, 0.15) is 58.6 Å². The highest BCUT2D eigenvalue weighted by Gasteiger charge is 2.15. The predicted molar refractivity (Wildman–Crippen MR) is 112 cm³/mol. The summed E-state index contributed by atoms with van der Waals surface area (Å²) in [7, 11) is 0. The molecule has 7 heteroatoms. The lowest BCUT2D eigenvalue weighted by atomic mass is 9.89. The number of amides is 2. The maximum Gasteiger partial charge on any atom is 0.308 e. The minimum Gasteiger partial charge on any atom is -0.456 e. The number of hydrogen-bond donors (Lipinski definition) is 2. The molecule has 1 aromatic carbocycles. The standard InChI is InChI=1S/C22H26N2O4S/c1-15(17-9-8-16-5-2-3-6-18(16)13-17)24-20(25)14-28-21(26)10-11-23-22(27)19-7-4-12-29-19/h4,7-9,12-13,15H,2-3,5-6,10-11,14H2,1H3,(H,23,27)(H,24,25). The topological polar surface area (TPSA) is 84.5 Å². The molecular weight excluding hydrogens is 388 g/mol. The third-order valence-corrected chi connectivity index (χ3v) is 5.84. The van der Waals surface area contributed by atoms with Crippen molar-refractivity contribution in [2.24, 2.45) is 0 Å². The number of hydrogen-bond acceptors (Lipinski definition) is 5. The van der Waals surface area contributed by atoms with Gasteiger partial charge in [-0.2, -0.15) is 0 Å². The lowest BCUT2D eigenvalue weighted by Gasteiger charge is -2.20. The van der Waals surface area contributed by atoms with Gasteiger partial charge in [-0.15, -0.1) is 11.3 Å². The Bertz CT molecular complexity index is 864. The molecule has 2 N–H and O–H groups in total. The van der Waals surface area contributed by atoms with E-state index in [9.17, 15) is 14.4 Å². The molecule has 3 rings (SSSR count). The summed E-state index contributed by atoms with van der Waals surface area (Å²) in [5.41, 5.74) is 3.83. The number of nitrogens with one attached hydrogen (secondary N) is 2. The summed E-state index contributed by atoms with van der Waals surface area (Å²) in [4.78, 5) is 36.3. The van der Waals surface area contributed by atoms with Gasteiger partial charge in [0.15, 0.2) is 6.61 Å². The van der Waals surface area contributed by atoms with Gasteiger partial charge in [-0.25, -0.2) is 0 Å². The van der Waals surface area contributed by atoms with Crippen molar-refractivity contribution in [3.05, 3.63) is 57.3 Å². The Hall–Kier alpha value is -2.67. The number of esters is 1. The summed E-state index contributed by atoms with van der Waals surface area (Å²) < 4.78 is 5.00. The number of carbonyl (C=O) groups is 3. The van der Waals surface area contributed by atoms with E-state index in [1.807, 2.05) is 12.3 Å². The van der Waals surface area contributed by atoms with Crippen molar-refractivity contribution in [3.63, 3.8) is 0 Å². The van der Waals surface area contributed by atoms with Gasteiger partial charge in [0, 0.05) is 6.54 Å². The van der Waals surface area contributed by atoms with Gasteiger partial charge in [0.05, 0.1) is 17.3 Å². The molecule has 0 bridgehead atoms. The Labute approximate surface area is 174 Å². The second-order valence-corrected chi connectivity index (χ2v) is 8.12. The molecule has 0 saturated carbocycles. The highest BCUT2D eigenvalue weighted by atomic mass is 32.1. The largest absolute Gasteiger partial charge is 0.456 e. The summed E-state index contributed by atoms with van der Waals surface area (Å²) in [6, 6.07) is 9.72. The van der Waals surface area contributed by atoms with Crippen LogP contribution < -0.4 is 10.6 Å². The maximum absolute atomic E-state index is 12.1. The van der Waals surface area contributed by atoms with Gasteiger partial charge in [-0.05, 0) is 60.7 Å². The van der Waals surface area contributed by atoms with Crippen LogP contribution in [-0.4, -0.2) is 30.9 Å². The molecule has 0 saturated heterocycles. The number of carbonyl (C=O) groups excluding carboxylic acids is 3. The fraction of sp³-hybridized carbons (Fsp3) is 0.409. The van der Waals surface area contributed by atoms with E-state index in [1.54, 1.807) is 12.1 Å². The van der Waals surface area contributed by atoms with Crippen molar-refractivity contribution in [2.45, 2.75) is 45.1 Å². The first-order valence-corrected chi connectivity index (χ1v) is 10.8. The van der Waals surface area contributed by atoms with Crippen molar-refractivity contribution < 1.29 is 19.1 Å². The monoisotopic (exact) mass is 414 g/mol. The van der Waals surface area contributed by atoms with Crippen LogP contribution in [0.25, 0.3) is 0 Å². The van der Waals surface area contributed by atoms with Crippen LogP contribution in [0.5, 0.6) is 0 Å². The van der Waals surface area contributed by atoms with Crippen LogP contribution in [0, 0.1) is 0 Å². The molecule has 1 aromatic heterocycles. The van der Waals surface area contributed by atoms with Gasteiger partial charge < -0.3 is 15.4 Å². The zero-order valence-corrected chi connectivity index (χ0v) is 17.3. The first kappa shape index (κ1) is 21.0. The molecule has 2 amide bonds. The van der Waals surface area contributed by atoms with Crippen LogP contribution in [0.3, 0.4) is 0 Å². The number of fused-ring (bicyclic) bond motifs is 1. The SMILES string of the molecule is CC(NC(=O)COC(=O)CCNC(=O)c1cccs1)c1ccc2c(c1)CCCC2. The molecule has 0 radical (unpaired) electrons. The Morgan fingerprint density at radius 2 is 1.93 bits per heavy atom. The lowest BCUT2D eigenvalue weighted by molar-refractivity contribution is -0.148. The zero-order valence-electron chi connectivity index (χ0n) is 16.5. The number of ether oxygens (including phenoxy) is 1. The maximum atomic E-state index is 12.1.